The number of carboxylic acid groups (broad SMARTS) is 1. The van der Waals surface area contributed by atoms with Gasteiger partial charge in [0, 0.05) is 27.1 Å². The van der Waals surface area contributed by atoms with Crippen molar-refractivity contribution in [2.24, 2.45) is 0 Å². The van der Waals surface area contributed by atoms with Crippen LogP contribution >= 0.6 is 15.9 Å². The second-order valence-electron chi connectivity index (χ2n) is 4.80. The maximum Gasteiger partial charge on any atom is 0.312 e. The van der Waals surface area contributed by atoms with E-state index in [1.807, 2.05) is 24.3 Å². The third-order valence-electron chi connectivity index (χ3n) is 3.16. The SMILES string of the molecule is CC(C(=O)O)c1cc2cc(Br)ccc2n1C(C)C. The minimum Gasteiger partial charge on any atom is -0.481 e. The zero-order valence-corrected chi connectivity index (χ0v) is 12.2. The summed E-state index contributed by atoms with van der Waals surface area (Å²) in [6, 6.07) is 8.24. The van der Waals surface area contributed by atoms with Gasteiger partial charge in [0.05, 0.1) is 5.92 Å². The molecule has 1 N–H and O–H groups in total. The number of carboxylic acids is 1. The van der Waals surface area contributed by atoms with Crippen molar-refractivity contribution in [3.05, 3.63) is 34.4 Å². The van der Waals surface area contributed by atoms with E-state index in [-0.39, 0.29) is 6.04 Å². The van der Waals surface area contributed by atoms with Gasteiger partial charge in [-0.1, -0.05) is 15.9 Å². The first kappa shape index (κ1) is 13.1. The number of aliphatic carboxylic acids is 1. The lowest BCUT2D eigenvalue weighted by atomic mass is 10.1. The van der Waals surface area contributed by atoms with Crippen LogP contribution in [0.25, 0.3) is 10.9 Å². The predicted molar refractivity (Wildman–Crippen MR) is 76.1 cm³/mol. The van der Waals surface area contributed by atoms with Gasteiger partial charge >= 0.3 is 5.97 Å². The highest BCUT2D eigenvalue weighted by molar-refractivity contribution is 9.10. The van der Waals surface area contributed by atoms with Gasteiger partial charge in [-0.2, -0.15) is 0 Å². The highest BCUT2D eigenvalue weighted by Gasteiger charge is 2.21. The molecular formula is C14H16BrNO2. The fraction of sp³-hybridized carbons (Fsp3) is 0.357. The number of fused-ring (bicyclic) bond motifs is 1. The highest BCUT2D eigenvalue weighted by atomic mass is 79.9. The van der Waals surface area contributed by atoms with E-state index in [0.29, 0.717) is 0 Å². The fourth-order valence-electron chi connectivity index (χ4n) is 2.26. The third kappa shape index (κ3) is 2.17. The topological polar surface area (TPSA) is 42.2 Å². The quantitative estimate of drug-likeness (QED) is 0.924. The lowest BCUT2D eigenvalue weighted by molar-refractivity contribution is -0.138. The van der Waals surface area contributed by atoms with Crippen LogP contribution in [-0.4, -0.2) is 15.6 Å². The Morgan fingerprint density at radius 1 is 1.28 bits per heavy atom. The van der Waals surface area contributed by atoms with Gasteiger partial charge in [-0.3, -0.25) is 4.79 Å². The van der Waals surface area contributed by atoms with Crippen LogP contribution in [0.2, 0.25) is 0 Å². The van der Waals surface area contributed by atoms with Crippen LogP contribution < -0.4 is 0 Å². The van der Waals surface area contributed by atoms with Gasteiger partial charge < -0.3 is 9.67 Å². The Labute approximate surface area is 115 Å². The molecule has 18 heavy (non-hydrogen) atoms. The molecule has 0 radical (unpaired) electrons. The molecule has 0 aliphatic heterocycles. The maximum atomic E-state index is 11.2. The van der Waals surface area contributed by atoms with E-state index in [1.54, 1.807) is 6.92 Å². The summed E-state index contributed by atoms with van der Waals surface area (Å²) in [5, 5.41) is 10.3. The van der Waals surface area contributed by atoms with E-state index in [9.17, 15) is 9.90 Å². The number of rotatable bonds is 3. The molecule has 1 aromatic heterocycles. The molecule has 1 aromatic carbocycles. The largest absolute Gasteiger partial charge is 0.481 e. The number of nitrogens with zero attached hydrogens (tertiary/aromatic N) is 1. The molecule has 1 heterocycles. The Kier molecular flexibility index (Phi) is 3.48. The molecule has 2 rings (SSSR count). The van der Waals surface area contributed by atoms with E-state index in [1.165, 1.54) is 0 Å². The van der Waals surface area contributed by atoms with Crippen molar-refractivity contribution in [2.75, 3.05) is 0 Å². The minimum absolute atomic E-state index is 0.237. The van der Waals surface area contributed by atoms with Crippen LogP contribution in [0.5, 0.6) is 0 Å². The summed E-state index contributed by atoms with van der Waals surface area (Å²) in [5.74, 6) is -1.29. The molecule has 0 aliphatic carbocycles. The zero-order chi connectivity index (χ0) is 13.4. The lowest BCUT2D eigenvalue weighted by Crippen LogP contribution is -2.14. The van der Waals surface area contributed by atoms with Crippen molar-refractivity contribution >= 4 is 32.8 Å². The average Bonchev–Trinajstić information content (AvgIpc) is 2.65. The number of aromatic nitrogens is 1. The van der Waals surface area contributed by atoms with Gasteiger partial charge in [-0.15, -0.1) is 0 Å². The summed E-state index contributed by atoms with van der Waals surface area (Å²) in [5.41, 5.74) is 1.93. The van der Waals surface area contributed by atoms with Crippen LogP contribution in [0.1, 0.15) is 38.4 Å². The molecule has 0 saturated heterocycles. The van der Waals surface area contributed by atoms with Crippen molar-refractivity contribution in [3.63, 3.8) is 0 Å². The van der Waals surface area contributed by atoms with E-state index < -0.39 is 11.9 Å². The molecule has 2 aromatic rings. The Balaban J connectivity index is 2.72. The molecule has 0 aliphatic rings. The molecule has 1 atom stereocenters. The molecule has 0 spiro atoms. The predicted octanol–water partition coefficient (Wildman–Crippen LogP) is 4.17. The normalized spacial score (nSPS) is 13.2. The van der Waals surface area contributed by atoms with Gasteiger partial charge in [-0.05, 0) is 45.0 Å². The molecule has 96 valence electrons. The standard InChI is InChI=1S/C14H16BrNO2/c1-8(2)16-12-5-4-11(15)6-10(12)7-13(16)9(3)14(17)18/h4-9H,1-3H3,(H,17,18). The summed E-state index contributed by atoms with van der Waals surface area (Å²) in [6.45, 7) is 5.86. The Morgan fingerprint density at radius 3 is 2.50 bits per heavy atom. The van der Waals surface area contributed by atoms with Crippen molar-refractivity contribution in [2.45, 2.75) is 32.7 Å². The Morgan fingerprint density at radius 2 is 1.94 bits per heavy atom. The van der Waals surface area contributed by atoms with Gasteiger partial charge in [-0.25, -0.2) is 0 Å². The van der Waals surface area contributed by atoms with Gasteiger partial charge in [0.1, 0.15) is 0 Å². The van der Waals surface area contributed by atoms with Crippen molar-refractivity contribution in [1.29, 1.82) is 0 Å². The Bertz CT molecular complexity index is 601. The summed E-state index contributed by atoms with van der Waals surface area (Å²) in [4.78, 5) is 11.2. The molecule has 0 bridgehead atoms. The van der Waals surface area contributed by atoms with Crippen molar-refractivity contribution in [1.82, 2.24) is 4.57 Å². The first-order valence-corrected chi connectivity index (χ1v) is 6.74. The molecule has 1 unspecified atom stereocenters. The number of benzene rings is 1. The fourth-order valence-corrected chi connectivity index (χ4v) is 2.64. The maximum absolute atomic E-state index is 11.2. The summed E-state index contributed by atoms with van der Waals surface area (Å²) < 4.78 is 3.10. The van der Waals surface area contributed by atoms with Crippen LogP contribution in [0.3, 0.4) is 0 Å². The van der Waals surface area contributed by atoms with E-state index in [0.717, 1.165) is 21.1 Å². The summed E-state index contributed by atoms with van der Waals surface area (Å²) in [7, 11) is 0. The molecule has 3 nitrogen and oxygen atoms in total. The van der Waals surface area contributed by atoms with Gasteiger partial charge in [0.15, 0.2) is 0 Å². The summed E-state index contributed by atoms with van der Waals surface area (Å²) in [6.07, 6.45) is 0. The van der Waals surface area contributed by atoms with E-state index >= 15 is 0 Å². The molecule has 0 saturated carbocycles. The van der Waals surface area contributed by atoms with E-state index in [2.05, 4.69) is 34.3 Å². The number of halogens is 1. The molecular weight excluding hydrogens is 294 g/mol. The lowest BCUT2D eigenvalue weighted by Gasteiger charge is -2.17. The van der Waals surface area contributed by atoms with Crippen LogP contribution in [0.15, 0.2) is 28.7 Å². The number of hydrogen-bond acceptors (Lipinski definition) is 1. The van der Waals surface area contributed by atoms with Crippen LogP contribution in [0, 0.1) is 0 Å². The third-order valence-corrected chi connectivity index (χ3v) is 3.65. The minimum atomic E-state index is -0.793. The molecule has 0 fully saturated rings. The Hall–Kier alpha value is -1.29. The number of carbonyl (C=O) groups is 1. The zero-order valence-electron chi connectivity index (χ0n) is 10.6. The van der Waals surface area contributed by atoms with Gasteiger partial charge in [0.25, 0.3) is 0 Å². The average molecular weight is 310 g/mol. The monoisotopic (exact) mass is 309 g/mol. The van der Waals surface area contributed by atoms with Crippen molar-refractivity contribution in [3.8, 4) is 0 Å². The van der Waals surface area contributed by atoms with Crippen LogP contribution in [-0.2, 0) is 4.79 Å². The molecule has 0 amide bonds. The number of hydrogen-bond donors (Lipinski definition) is 1. The highest BCUT2D eigenvalue weighted by Crippen LogP contribution is 2.30. The van der Waals surface area contributed by atoms with E-state index in [4.69, 9.17) is 0 Å². The second kappa shape index (κ2) is 4.76. The summed E-state index contributed by atoms with van der Waals surface area (Å²) >= 11 is 3.44. The first-order chi connectivity index (χ1) is 8.41. The van der Waals surface area contributed by atoms with Crippen LogP contribution in [0.4, 0.5) is 0 Å². The first-order valence-electron chi connectivity index (χ1n) is 5.95. The molecule has 4 heteroatoms. The van der Waals surface area contributed by atoms with Gasteiger partial charge in [0.2, 0.25) is 0 Å². The smallest absolute Gasteiger partial charge is 0.312 e. The second-order valence-corrected chi connectivity index (χ2v) is 5.71. The van der Waals surface area contributed by atoms with Crippen molar-refractivity contribution < 1.29 is 9.90 Å².